The molecular formula is C23H20N6O2. The second-order valence-corrected chi connectivity index (χ2v) is 7.60. The number of ether oxygens (including phenoxy) is 1. The predicted molar refractivity (Wildman–Crippen MR) is 117 cm³/mol. The molecule has 5 heterocycles. The number of fused-ring (bicyclic) bond motifs is 2. The normalized spacial score (nSPS) is 14.6. The number of nitriles is 1. The molecule has 5 rings (SSSR count). The summed E-state index contributed by atoms with van der Waals surface area (Å²) in [5.74, 6) is 0.552. The average molecular weight is 412 g/mol. The highest BCUT2D eigenvalue weighted by Crippen LogP contribution is 2.29. The first-order valence-electron chi connectivity index (χ1n) is 10.2. The minimum atomic E-state index is -0.0987. The molecule has 0 unspecified atom stereocenters. The standard InChI is InChI=1S/C23H20N6O2/c1-28-18-5-4-16(14-24)27-22(18)19(13-20(28)30)29-11-7-17(8-12-29)31-23-21-15(6-10-26-23)3-2-9-25-21/h2-6,9-10,13,17H,7-8,11-12H2,1H3. The molecule has 0 amide bonds. The number of nitrogens with zero attached hydrogens (tertiary/aromatic N) is 6. The van der Waals surface area contributed by atoms with E-state index in [9.17, 15) is 10.1 Å². The third-order valence-electron chi connectivity index (χ3n) is 5.73. The highest BCUT2D eigenvalue weighted by atomic mass is 16.5. The molecule has 1 fully saturated rings. The molecule has 1 aliphatic heterocycles. The smallest absolute Gasteiger partial charge is 0.252 e. The summed E-state index contributed by atoms with van der Waals surface area (Å²) in [7, 11) is 1.72. The summed E-state index contributed by atoms with van der Waals surface area (Å²) in [6.07, 6.45) is 5.04. The Hall–Kier alpha value is -3.99. The Morgan fingerprint density at radius 1 is 1.10 bits per heavy atom. The largest absolute Gasteiger partial charge is 0.473 e. The molecule has 0 N–H and O–H groups in total. The lowest BCUT2D eigenvalue weighted by atomic mass is 10.1. The molecule has 0 spiro atoms. The van der Waals surface area contributed by atoms with Crippen LogP contribution in [-0.4, -0.2) is 38.7 Å². The second kappa shape index (κ2) is 7.69. The summed E-state index contributed by atoms with van der Waals surface area (Å²) < 4.78 is 7.75. The van der Waals surface area contributed by atoms with Crippen molar-refractivity contribution in [3.8, 4) is 11.9 Å². The quantitative estimate of drug-likeness (QED) is 0.510. The average Bonchev–Trinajstić information content (AvgIpc) is 2.82. The lowest BCUT2D eigenvalue weighted by Gasteiger charge is -2.34. The lowest BCUT2D eigenvalue weighted by molar-refractivity contribution is 0.166. The van der Waals surface area contributed by atoms with Crippen molar-refractivity contribution in [3.63, 3.8) is 0 Å². The van der Waals surface area contributed by atoms with Gasteiger partial charge in [-0.1, -0.05) is 6.07 Å². The molecule has 0 saturated carbocycles. The van der Waals surface area contributed by atoms with Gasteiger partial charge in [-0.05, 0) is 24.3 Å². The Morgan fingerprint density at radius 2 is 1.94 bits per heavy atom. The van der Waals surface area contributed by atoms with Crippen LogP contribution in [0.25, 0.3) is 21.9 Å². The third kappa shape index (κ3) is 3.44. The fourth-order valence-corrected chi connectivity index (χ4v) is 4.05. The van der Waals surface area contributed by atoms with Crippen LogP contribution in [0.3, 0.4) is 0 Å². The molecule has 154 valence electrons. The molecule has 1 aliphatic rings. The van der Waals surface area contributed by atoms with Crippen molar-refractivity contribution in [2.75, 3.05) is 18.0 Å². The zero-order valence-corrected chi connectivity index (χ0v) is 17.0. The number of pyridine rings is 4. The Morgan fingerprint density at radius 3 is 2.74 bits per heavy atom. The molecule has 31 heavy (non-hydrogen) atoms. The van der Waals surface area contributed by atoms with Crippen molar-refractivity contribution in [1.82, 2.24) is 19.5 Å². The summed E-state index contributed by atoms with van der Waals surface area (Å²) >= 11 is 0. The summed E-state index contributed by atoms with van der Waals surface area (Å²) in [6.45, 7) is 1.42. The maximum absolute atomic E-state index is 12.5. The number of hydrogen-bond donors (Lipinski definition) is 0. The number of hydrogen-bond acceptors (Lipinski definition) is 7. The number of anilines is 1. The maximum atomic E-state index is 12.5. The van der Waals surface area contributed by atoms with Gasteiger partial charge in [0.2, 0.25) is 5.88 Å². The van der Waals surface area contributed by atoms with Crippen LogP contribution in [0.4, 0.5) is 5.69 Å². The van der Waals surface area contributed by atoms with Gasteiger partial charge in [-0.2, -0.15) is 5.26 Å². The van der Waals surface area contributed by atoms with Crippen LogP contribution in [0, 0.1) is 11.3 Å². The number of aryl methyl sites for hydroxylation is 1. The van der Waals surface area contributed by atoms with Gasteiger partial charge in [0.15, 0.2) is 0 Å². The molecule has 8 nitrogen and oxygen atoms in total. The molecule has 0 atom stereocenters. The molecule has 0 aliphatic carbocycles. The SMILES string of the molecule is Cn1c(=O)cc(N2CCC(Oc3nccc4cccnc34)CC2)c2nc(C#N)ccc21. The first-order chi connectivity index (χ1) is 15.1. The van der Waals surface area contributed by atoms with Crippen LogP contribution in [-0.2, 0) is 7.05 Å². The first kappa shape index (κ1) is 19.0. The van der Waals surface area contributed by atoms with Crippen LogP contribution >= 0.6 is 0 Å². The van der Waals surface area contributed by atoms with Crippen molar-refractivity contribution >= 4 is 27.6 Å². The number of piperidine rings is 1. The van der Waals surface area contributed by atoms with E-state index in [-0.39, 0.29) is 11.7 Å². The van der Waals surface area contributed by atoms with E-state index in [1.54, 1.807) is 42.2 Å². The lowest BCUT2D eigenvalue weighted by Crippen LogP contribution is -2.39. The molecule has 1 saturated heterocycles. The van der Waals surface area contributed by atoms with Crippen molar-refractivity contribution in [2.24, 2.45) is 7.05 Å². The van der Waals surface area contributed by atoms with E-state index < -0.39 is 0 Å². The van der Waals surface area contributed by atoms with Crippen LogP contribution in [0.2, 0.25) is 0 Å². The minimum absolute atomic E-state index is 0.0109. The molecule has 0 bridgehead atoms. The minimum Gasteiger partial charge on any atom is -0.473 e. The van der Waals surface area contributed by atoms with Crippen molar-refractivity contribution < 1.29 is 4.74 Å². The maximum Gasteiger partial charge on any atom is 0.252 e. The monoisotopic (exact) mass is 412 g/mol. The van der Waals surface area contributed by atoms with E-state index in [4.69, 9.17) is 4.74 Å². The first-order valence-corrected chi connectivity index (χ1v) is 10.2. The summed E-state index contributed by atoms with van der Waals surface area (Å²) in [6, 6.07) is 12.9. The van der Waals surface area contributed by atoms with Gasteiger partial charge < -0.3 is 14.2 Å². The van der Waals surface area contributed by atoms with Gasteiger partial charge in [-0.15, -0.1) is 0 Å². The number of aromatic nitrogens is 4. The third-order valence-corrected chi connectivity index (χ3v) is 5.73. The molecule has 8 heteroatoms. The van der Waals surface area contributed by atoms with Crippen LogP contribution in [0.5, 0.6) is 5.88 Å². The summed E-state index contributed by atoms with van der Waals surface area (Å²) in [5, 5.41) is 10.2. The predicted octanol–water partition coefficient (Wildman–Crippen LogP) is 2.80. The fourth-order valence-electron chi connectivity index (χ4n) is 4.05. The van der Waals surface area contributed by atoms with Gasteiger partial charge in [0.1, 0.15) is 28.9 Å². The molecular weight excluding hydrogens is 392 g/mol. The van der Waals surface area contributed by atoms with E-state index in [0.29, 0.717) is 35.7 Å². The molecule has 4 aromatic heterocycles. The zero-order chi connectivity index (χ0) is 21.4. The van der Waals surface area contributed by atoms with Gasteiger partial charge in [0.25, 0.3) is 5.56 Å². The summed E-state index contributed by atoms with van der Waals surface area (Å²) in [4.78, 5) is 27.9. The Balaban J connectivity index is 1.39. The van der Waals surface area contributed by atoms with Gasteiger partial charge in [0, 0.05) is 56.8 Å². The van der Waals surface area contributed by atoms with Gasteiger partial charge >= 0.3 is 0 Å². The van der Waals surface area contributed by atoms with E-state index in [1.807, 2.05) is 18.2 Å². The number of rotatable bonds is 3. The van der Waals surface area contributed by atoms with Crippen molar-refractivity contribution in [3.05, 3.63) is 64.8 Å². The van der Waals surface area contributed by atoms with Crippen LogP contribution in [0.1, 0.15) is 18.5 Å². The van der Waals surface area contributed by atoms with Gasteiger partial charge in [-0.3, -0.25) is 9.78 Å². The van der Waals surface area contributed by atoms with E-state index in [0.717, 1.165) is 29.4 Å². The molecule has 0 aromatic carbocycles. The van der Waals surface area contributed by atoms with E-state index >= 15 is 0 Å². The summed E-state index contributed by atoms with van der Waals surface area (Å²) in [5.41, 5.74) is 3.14. The highest BCUT2D eigenvalue weighted by Gasteiger charge is 2.24. The Labute approximate surface area is 178 Å². The molecule has 0 radical (unpaired) electrons. The second-order valence-electron chi connectivity index (χ2n) is 7.60. The van der Waals surface area contributed by atoms with Crippen LogP contribution in [0.15, 0.2) is 53.6 Å². The van der Waals surface area contributed by atoms with Gasteiger partial charge in [0.05, 0.1) is 11.2 Å². The van der Waals surface area contributed by atoms with E-state index in [1.165, 1.54) is 0 Å². The van der Waals surface area contributed by atoms with Crippen molar-refractivity contribution in [1.29, 1.82) is 5.26 Å². The zero-order valence-electron chi connectivity index (χ0n) is 17.0. The fraction of sp³-hybridized carbons (Fsp3) is 0.261. The topological polar surface area (TPSA) is 96.9 Å². The Kier molecular flexibility index (Phi) is 4.71. The van der Waals surface area contributed by atoms with Crippen molar-refractivity contribution in [2.45, 2.75) is 18.9 Å². The van der Waals surface area contributed by atoms with E-state index in [2.05, 4.69) is 25.9 Å². The van der Waals surface area contributed by atoms with Gasteiger partial charge in [-0.25, -0.2) is 9.97 Å². The van der Waals surface area contributed by atoms with Crippen LogP contribution < -0.4 is 15.2 Å². The molecule has 4 aromatic rings. The Bertz CT molecular complexity index is 1380. The highest BCUT2D eigenvalue weighted by molar-refractivity contribution is 5.88.